The Bertz CT molecular complexity index is 906. The van der Waals surface area contributed by atoms with Crippen LogP contribution in [0.4, 0.5) is 14.5 Å². The number of piperidine rings is 1. The number of carbonyl (C=O) groups is 2. The standard InChI is InChI=1S/C21H21F2N3O2/c22-17-6-1-4-15(19(17)23)12-18(27)25-10-3-7-21(14-25)8-11-26(20(21)28)16-5-2-9-24-13-16/h1-2,4-6,9,13H,3,7-8,10-12,14H2/t21-/m1/s1. The van der Waals surface area contributed by atoms with Gasteiger partial charge in [-0.3, -0.25) is 14.6 Å². The number of halogens is 2. The summed E-state index contributed by atoms with van der Waals surface area (Å²) in [6.45, 7) is 1.43. The van der Waals surface area contributed by atoms with Crippen LogP contribution in [0.3, 0.4) is 0 Å². The SMILES string of the molecule is O=C(Cc1cccc(F)c1F)N1CCC[C@@]2(CCN(c3cccnc3)C2=O)C1. The van der Waals surface area contributed by atoms with Crippen LogP contribution in [-0.2, 0) is 16.0 Å². The highest BCUT2D eigenvalue weighted by Gasteiger charge is 2.50. The predicted molar refractivity (Wildman–Crippen MR) is 99.5 cm³/mol. The molecule has 2 amide bonds. The summed E-state index contributed by atoms with van der Waals surface area (Å²) in [4.78, 5) is 33.3. The lowest BCUT2D eigenvalue weighted by atomic mass is 9.78. The molecule has 0 saturated carbocycles. The van der Waals surface area contributed by atoms with Crippen LogP contribution in [0.15, 0.2) is 42.7 Å². The molecule has 2 saturated heterocycles. The molecule has 1 atom stereocenters. The van der Waals surface area contributed by atoms with E-state index in [1.54, 1.807) is 28.3 Å². The van der Waals surface area contributed by atoms with Gasteiger partial charge in [-0.25, -0.2) is 8.78 Å². The van der Waals surface area contributed by atoms with E-state index in [2.05, 4.69) is 4.98 Å². The van der Waals surface area contributed by atoms with Crippen LogP contribution < -0.4 is 4.90 Å². The lowest BCUT2D eigenvalue weighted by molar-refractivity contribution is -0.138. The van der Waals surface area contributed by atoms with Crippen molar-refractivity contribution < 1.29 is 18.4 Å². The number of benzene rings is 1. The lowest BCUT2D eigenvalue weighted by Crippen LogP contribution is -2.50. The summed E-state index contributed by atoms with van der Waals surface area (Å²) in [5, 5.41) is 0. The molecule has 28 heavy (non-hydrogen) atoms. The minimum absolute atomic E-state index is 0.00920. The van der Waals surface area contributed by atoms with Gasteiger partial charge in [0.05, 0.1) is 23.7 Å². The summed E-state index contributed by atoms with van der Waals surface area (Å²) >= 11 is 0. The molecule has 2 fully saturated rings. The smallest absolute Gasteiger partial charge is 0.235 e. The zero-order valence-corrected chi connectivity index (χ0v) is 15.4. The topological polar surface area (TPSA) is 53.5 Å². The third kappa shape index (κ3) is 3.25. The number of carbonyl (C=O) groups excluding carboxylic acids is 2. The van der Waals surface area contributed by atoms with E-state index < -0.39 is 17.0 Å². The minimum Gasteiger partial charge on any atom is -0.341 e. The molecule has 2 aromatic rings. The van der Waals surface area contributed by atoms with Crippen LogP contribution in [0, 0.1) is 17.0 Å². The number of likely N-dealkylation sites (tertiary alicyclic amines) is 1. The second-order valence-corrected chi connectivity index (χ2v) is 7.51. The molecule has 1 aromatic carbocycles. The van der Waals surface area contributed by atoms with Gasteiger partial charge in [-0.15, -0.1) is 0 Å². The molecule has 146 valence electrons. The Morgan fingerprint density at radius 1 is 1.14 bits per heavy atom. The molecule has 0 aliphatic carbocycles. The second kappa shape index (κ2) is 7.30. The van der Waals surface area contributed by atoms with Gasteiger partial charge in [0.2, 0.25) is 11.8 Å². The number of rotatable bonds is 3. The fourth-order valence-electron chi connectivity index (χ4n) is 4.26. The molecule has 2 aliphatic heterocycles. The van der Waals surface area contributed by atoms with Crippen molar-refractivity contribution in [3.8, 4) is 0 Å². The summed E-state index contributed by atoms with van der Waals surface area (Å²) in [5.74, 6) is -2.22. The number of hydrogen-bond donors (Lipinski definition) is 0. The van der Waals surface area contributed by atoms with E-state index in [1.165, 1.54) is 12.1 Å². The summed E-state index contributed by atoms with van der Waals surface area (Å²) in [6.07, 6.45) is 5.21. The van der Waals surface area contributed by atoms with Crippen molar-refractivity contribution in [2.45, 2.75) is 25.7 Å². The van der Waals surface area contributed by atoms with E-state index in [0.29, 0.717) is 32.5 Å². The van der Waals surface area contributed by atoms with Crippen molar-refractivity contribution in [2.75, 3.05) is 24.5 Å². The number of pyridine rings is 1. The van der Waals surface area contributed by atoms with Crippen molar-refractivity contribution in [3.63, 3.8) is 0 Å². The lowest BCUT2D eigenvalue weighted by Gasteiger charge is -2.39. The molecule has 0 bridgehead atoms. The maximum Gasteiger partial charge on any atom is 0.235 e. The van der Waals surface area contributed by atoms with Crippen molar-refractivity contribution in [2.24, 2.45) is 5.41 Å². The Balaban J connectivity index is 1.49. The molecule has 7 heteroatoms. The van der Waals surface area contributed by atoms with E-state index in [4.69, 9.17) is 0 Å². The Hall–Kier alpha value is -2.83. The van der Waals surface area contributed by atoms with Gasteiger partial charge < -0.3 is 9.80 Å². The van der Waals surface area contributed by atoms with Gasteiger partial charge in [0.1, 0.15) is 0 Å². The zero-order valence-electron chi connectivity index (χ0n) is 15.4. The third-order valence-electron chi connectivity index (χ3n) is 5.77. The highest BCUT2D eigenvalue weighted by Crippen LogP contribution is 2.41. The van der Waals surface area contributed by atoms with Crippen LogP contribution in [-0.4, -0.2) is 41.3 Å². The average molecular weight is 385 g/mol. The molecular formula is C21H21F2N3O2. The molecule has 5 nitrogen and oxygen atoms in total. The van der Waals surface area contributed by atoms with E-state index in [1.807, 2.05) is 6.07 Å². The number of amides is 2. The van der Waals surface area contributed by atoms with Crippen LogP contribution in [0.2, 0.25) is 0 Å². The fourth-order valence-corrected chi connectivity index (χ4v) is 4.26. The van der Waals surface area contributed by atoms with Crippen LogP contribution in [0.25, 0.3) is 0 Å². The van der Waals surface area contributed by atoms with E-state index in [9.17, 15) is 18.4 Å². The van der Waals surface area contributed by atoms with Gasteiger partial charge in [-0.2, -0.15) is 0 Å². The van der Waals surface area contributed by atoms with Gasteiger partial charge in [0.15, 0.2) is 11.6 Å². The van der Waals surface area contributed by atoms with Gasteiger partial charge in [-0.1, -0.05) is 12.1 Å². The maximum absolute atomic E-state index is 13.9. The van der Waals surface area contributed by atoms with E-state index in [0.717, 1.165) is 18.2 Å². The van der Waals surface area contributed by atoms with E-state index in [-0.39, 0.29) is 23.8 Å². The highest BCUT2D eigenvalue weighted by molar-refractivity contribution is 6.00. The quantitative estimate of drug-likeness (QED) is 0.816. The van der Waals surface area contributed by atoms with Crippen molar-refractivity contribution >= 4 is 17.5 Å². The number of hydrogen-bond acceptors (Lipinski definition) is 3. The zero-order chi connectivity index (χ0) is 19.7. The molecule has 2 aliphatic rings. The highest BCUT2D eigenvalue weighted by atomic mass is 19.2. The Morgan fingerprint density at radius 3 is 2.79 bits per heavy atom. The number of anilines is 1. The average Bonchev–Trinajstić information content (AvgIpc) is 3.02. The second-order valence-electron chi connectivity index (χ2n) is 7.51. The Morgan fingerprint density at radius 2 is 2.00 bits per heavy atom. The van der Waals surface area contributed by atoms with Gasteiger partial charge in [0, 0.05) is 31.4 Å². The maximum atomic E-state index is 13.9. The first-order chi connectivity index (χ1) is 13.5. The van der Waals surface area contributed by atoms with Gasteiger partial charge in [0.25, 0.3) is 0 Å². The molecular weight excluding hydrogens is 364 g/mol. The summed E-state index contributed by atoms with van der Waals surface area (Å²) in [7, 11) is 0. The fraction of sp³-hybridized carbons (Fsp3) is 0.381. The first-order valence-corrected chi connectivity index (χ1v) is 9.43. The molecule has 3 heterocycles. The van der Waals surface area contributed by atoms with Gasteiger partial charge in [-0.05, 0) is 37.5 Å². The molecule has 1 aromatic heterocycles. The number of nitrogens with zero attached hydrogens (tertiary/aromatic N) is 3. The molecule has 0 N–H and O–H groups in total. The van der Waals surface area contributed by atoms with Crippen molar-refractivity contribution in [1.29, 1.82) is 0 Å². The first kappa shape index (κ1) is 18.5. The summed E-state index contributed by atoms with van der Waals surface area (Å²) < 4.78 is 27.3. The van der Waals surface area contributed by atoms with Crippen molar-refractivity contribution in [1.82, 2.24) is 9.88 Å². The van der Waals surface area contributed by atoms with Crippen LogP contribution in [0.1, 0.15) is 24.8 Å². The summed E-state index contributed by atoms with van der Waals surface area (Å²) in [6, 6.07) is 7.48. The summed E-state index contributed by atoms with van der Waals surface area (Å²) in [5.41, 5.74) is 0.193. The molecule has 1 spiro atoms. The molecule has 4 rings (SSSR count). The largest absolute Gasteiger partial charge is 0.341 e. The van der Waals surface area contributed by atoms with Crippen molar-refractivity contribution in [3.05, 3.63) is 59.9 Å². The Kier molecular flexibility index (Phi) is 4.83. The Labute approximate surface area is 162 Å². The predicted octanol–water partition coefficient (Wildman–Crippen LogP) is 2.95. The molecule has 0 unspecified atom stereocenters. The third-order valence-corrected chi connectivity index (χ3v) is 5.77. The monoisotopic (exact) mass is 385 g/mol. The first-order valence-electron chi connectivity index (χ1n) is 9.43. The number of aromatic nitrogens is 1. The van der Waals surface area contributed by atoms with Crippen LogP contribution in [0.5, 0.6) is 0 Å². The van der Waals surface area contributed by atoms with Crippen LogP contribution >= 0.6 is 0 Å². The minimum atomic E-state index is -0.984. The van der Waals surface area contributed by atoms with Gasteiger partial charge >= 0.3 is 0 Å². The normalized spacial score (nSPS) is 22.1. The van der Waals surface area contributed by atoms with E-state index >= 15 is 0 Å². The molecule has 0 radical (unpaired) electrons.